The van der Waals surface area contributed by atoms with Crippen molar-refractivity contribution in [2.45, 2.75) is 50.9 Å². The van der Waals surface area contributed by atoms with Gasteiger partial charge in [-0.3, -0.25) is 4.79 Å². The fourth-order valence-electron chi connectivity index (χ4n) is 1.83. The molecule has 2 nitrogen and oxygen atoms in total. The first kappa shape index (κ1) is 10.8. The van der Waals surface area contributed by atoms with Gasteiger partial charge in [0.2, 0.25) is 5.91 Å². The van der Waals surface area contributed by atoms with Gasteiger partial charge in [0.05, 0.1) is 0 Å². The summed E-state index contributed by atoms with van der Waals surface area (Å²) in [5.41, 5.74) is 0. The van der Waals surface area contributed by atoms with Crippen molar-refractivity contribution in [2.24, 2.45) is 5.92 Å². The first-order chi connectivity index (χ1) is 6.11. The third kappa shape index (κ3) is 3.18. The van der Waals surface area contributed by atoms with Crippen molar-refractivity contribution in [1.82, 2.24) is 5.32 Å². The van der Waals surface area contributed by atoms with Crippen LogP contribution in [0.4, 0.5) is 0 Å². The van der Waals surface area contributed by atoms with Gasteiger partial charge in [-0.2, -0.15) is 0 Å². The number of hydrogen-bond donors (Lipinski definition) is 1. The number of amides is 1. The maximum Gasteiger partial charge on any atom is 0.237 e. The molecular formula is C10H18ClNO. The van der Waals surface area contributed by atoms with Crippen molar-refractivity contribution in [3.63, 3.8) is 0 Å². The molecule has 0 aromatic carbocycles. The highest BCUT2D eigenvalue weighted by atomic mass is 35.5. The van der Waals surface area contributed by atoms with Crippen LogP contribution in [0.25, 0.3) is 0 Å². The van der Waals surface area contributed by atoms with Crippen molar-refractivity contribution in [3.05, 3.63) is 0 Å². The van der Waals surface area contributed by atoms with Gasteiger partial charge in [-0.25, -0.2) is 0 Å². The maximum absolute atomic E-state index is 11.3. The van der Waals surface area contributed by atoms with Gasteiger partial charge in [0.1, 0.15) is 5.38 Å². The summed E-state index contributed by atoms with van der Waals surface area (Å²) in [6.45, 7) is 3.91. The molecule has 1 amide bonds. The van der Waals surface area contributed by atoms with Gasteiger partial charge in [-0.15, -0.1) is 11.6 Å². The molecule has 1 aliphatic rings. The van der Waals surface area contributed by atoms with Crippen LogP contribution in [-0.4, -0.2) is 17.3 Å². The van der Waals surface area contributed by atoms with E-state index in [1.165, 1.54) is 19.3 Å². The molecule has 13 heavy (non-hydrogen) atoms. The van der Waals surface area contributed by atoms with E-state index < -0.39 is 5.38 Å². The third-order valence-corrected chi connectivity index (χ3v) is 3.00. The normalized spacial score (nSPS) is 31.0. The lowest BCUT2D eigenvalue weighted by molar-refractivity contribution is -0.121. The largest absolute Gasteiger partial charge is 0.352 e. The van der Waals surface area contributed by atoms with Crippen LogP contribution in [0, 0.1) is 5.92 Å². The molecule has 0 heterocycles. The van der Waals surface area contributed by atoms with E-state index in [0.717, 1.165) is 6.42 Å². The lowest BCUT2D eigenvalue weighted by atomic mass is 9.86. The minimum absolute atomic E-state index is 0.0274. The van der Waals surface area contributed by atoms with Crippen molar-refractivity contribution < 1.29 is 4.79 Å². The molecule has 3 atom stereocenters. The van der Waals surface area contributed by atoms with E-state index in [-0.39, 0.29) is 5.91 Å². The van der Waals surface area contributed by atoms with E-state index in [2.05, 4.69) is 12.2 Å². The molecule has 3 heteroatoms. The second-order valence-electron chi connectivity index (χ2n) is 3.99. The van der Waals surface area contributed by atoms with Crippen LogP contribution >= 0.6 is 11.6 Å². The molecule has 0 aliphatic heterocycles. The first-order valence-corrected chi connectivity index (χ1v) is 5.49. The third-order valence-electron chi connectivity index (χ3n) is 2.80. The zero-order valence-electron chi connectivity index (χ0n) is 8.35. The second kappa shape index (κ2) is 4.85. The first-order valence-electron chi connectivity index (χ1n) is 5.05. The van der Waals surface area contributed by atoms with E-state index in [0.29, 0.717) is 12.0 Å². The Hall–Kier alpha value is -0.240. The molecule has 0 bridgehead atoms. The zero-order chi connectivity index (χ0) is 9.84. The predicted octanol–water partition coefficient (Wildman–Crippen LogP) is 2.31. The van der Waals surface area contributed by atoms with E-state index in [4.69, 9.17) is 11.6 Å². The van der Waals surface area contributed by atoms with Crippen LogP contribution in [0.3, 0.4) is 0 Å². The van der Waals surface area contributed by atoms with Gasteiger partial charge in [0.15, 0.2) is 0 Å². The van der Waals surface area contributed by atoms with Crippen molar-refractivity contribution in [1.29, 1.82) is 0 Å². The van der Waals surface area contributed by atoms with E-state index in [9.17, 15) is 4.79 Å². The van der Waals surface area contributed by atoms with Crippen molar-refractivity contribution in [2.75, 3.05) is 0 Å². The number of rotatable bonds is 2. The van der Waals surface area contributed by atoms with Crippen LogP contribution in [0.15, 0.2) is 0 Å². The summed E-state index contributed by atoms with van der Waals surface area (Å²) in [5.74, 6) is 0.577. The minimum atomic E-state index is -0.408. The molecule has 0 aromatic rings. The minimum Gasteiger partial charge on any atom is -0.352 e. The molecule has 1 saturated carbocycles. The molecule has 1 rings (SSSR count). The van der Waals surface area contributed by atoms with Gasteiger partial charge in [0.25, 0.3) is 0 Å². The molecule has 0 spiro atoms. The Morgan fingerprint density at radius 1 is 1.46 bits per heavy atom. The van der Waals surface area contributed by atoms with E-state index in [1.54, 1.807) is 6.92 Å². The molecular weight excluding hydrogens is 186 g/mol. The Kier molecular flexibility index (Phi) is 4.04. The van der Waals surface area contributed by atoms with E-state index in [1.807, 2.05) is 0 Å². The summed E-state index contributed by atoms with van der Waals surface area (Å²) >= 11 is 5.68. The fraction of sp³-hybridized carbons (Fsp3) is 0.900. The number of halogens is 1. The summed E-state index contributed by atoms with van der Waals surface area (Å²) < 4.78 is 0. The molecule has 1 fully saturated rings. The highest BCUT2D eigenvalue weighted by molar-refractivity contribution is 6.30. The molecule has 1 aliphatic carbocycles. The molecule has 1 N–H and O–H groups in total. The number of hydrogen-bond acceptors (Lipinski definition) is 1. The molecule has 0 saturated heterocycles. The lowest BCUT2D eigenvalue weighted by Crippen LogP contribution is -2.43. The number of carbonyl (C=O) groups is 1. The maximum atomic E-state index is 11.3. The quantitative estimate of drug-likeness (QED) is 0.686. The lowest BCUT2D eigenvalue weighted by Gasteiger charge is -2.29. The summed E-state index contributed by atoms with van der Waals surface area (Å²) in [7, 11) is 0. The van der Waals surface area contributed by atoms with Crippen LogP contribution in [0.5, 0.6) is 0 Å². The number of nitrogens with one attached hydrogen (secondary N) is 1. The standard InChI is InChI=1S/C10H18ClNO/c1-7-5-3-4-6-9(7)12-10(13)8(2)11/h7-9H,3-6H2,1-2H3,(H,12,13)/t7-,8+,9+/m1/s1. The number of carbonyl (C=O) groups excluding carboxylic acids is 1. The summed E-state index contributed by atoms with van der Waals surface area (Å²) in [6.07, 6.45) is 4.86. The Morgan fingerprint density at radius 3 is 2.62 bits per heavy atom. The topological polar surface area (TPSA) is 29.1 Å². The van der Waals surface area contributed by atoms with Crippen LogP contribution in [-0.2, 0) is 4.79 Å². The highest BCUT2D eigenvalue weighted by Gasteiger charge is 2.23. The average Bonchev–Trinajstić information content (AvgIpc) is 2.08. The predicted molar refractivity (Wildman–Crippen MR) is 54.9 cm³/mol. The fourth-order valence-corrected chi connectivity index (χ4v) is 1.89. The Labute approximate surface area is 85.0 Å². The Morgan fingerprint density at radius 2 is 2.08 bits per heavy atom. The van der Waals surface area contributed by atoms with Crippen LogP contribution in [0.1, 0.15) is 39.5 Å². The van der Waals surface area contributed by atoms with Gasteiger partial charge < -0.3 is 5.32 Å². The Bertz CT molecular complexity index is 182. The Balaban J connectivity index is 2.38. The van der Waals surface area contributed by atoms with Gasteiger partial charge in [0, 0.05) is 6.04 Å². The summed E-state index contributed by atoms with van der Waals surface area (Å²) in [4.78, 5) is 11.3. The van der Waals surface area contributed by atoms with Gasteiger partial charge in [-0.1, -0.05) is 19.8 Å². The number of alkyl halides is 1. The molecule has 0 aromatic heterocycles. The monoisotopic (exact) mass is 203 g/mol. The van der Waals surface area contributed by atoms with Gasteiger partial charge >= 0.3 is 0 Å². The van der Waals surface area contributed by atoms with Crippen LogP contribution < -0.4 is 5.32 Å². The average molecular weight is 204 g/mol. The molecule has 76 valence electrons. The molecule has 0 unspecified atom stereocenters. The summed E-state index contributed by atoms with van der Waals surface area (Å²) in [6, 6.07) is 0.349. The molecule has 0 radical (unpaired) electrons. The second-order valence-corrected chi connectivity index (χ2v) is 4.65. The highest BCUT2D eigenvalue weighted by Crippen LogP contribution is 2.23. The van der Waals surface area contributed by atoms with Gasteiger partial charge in [-0.05, 0) is 25.7 Å². The SMILES string of the molecule is C[C@H](Cl)C(=O)N[C@H]1CCCC[C@H]1C. The zero-order valence-corrected chi connectivity index (χ0v) is 9.10. The van der Waals surface area contributed by atoms with E-state index >= 15 is 0 Å². The smallest absolute Gasteiger partial charge is 0.237 e. The summed E-state index contributed by atoms with van der Waals surface area (Å²) in [5, 5.41) is 2.59. The van der Waals surface area contributed by atoms with Crippen molar-refractivity contribution in [3.8, 4) is 0 Å². The van der Waals surface area contributed by atoms with Crippen molar-refractivity contribution >= 4 is 17.5 Å². The van der Waals surface area contributed by atoms with Crippen LogP contribution in [0.2, 0.25) is 0 Å².